The van der Waals surface area contributed by atoms with Gasteiger partial charge in [0.2, 0.25) is 0 Å². The van der Waals surface area contributed by atoms with Crippen molar-refractivity contribution in [1.82, 2.24) is 0 Å². The molecule has 0 spiro atoms. The van der Waals surface area contributed by atoms with E-state index in [1.165, 1.54) is 42.4 Å². The number of fused-ring (bicyclic) bond motifs is 5. The van der Waals surface area contributed by atoms with Crippen molar-refractivity contribution in [2.24, 2.45) is 23.7 Å². The number of hydrogen-bond acceptors (Lipinski definition) is 1. The molecule has 3 saturated carbocycles. The molecule has 1 heteroatoms. The molecular weight excluding hydrogens is 232 g/mol. The Kier molecular flexibility index (Phi) is 2.42. The van der Waals surface area contributed by atoms with Crippen LogP contribution in [0, 0.1) is 37.5 Å². The Balaban J connectivity index is 1.75. The summed E-state index contributed by atoms with van der Waals surface area (Å²) in [5, 5.41) is 11.3. The lowest BCUT2D eigenvalue weighted by Crippen LogP contribution is -2.39. The molecule has 5 atom stereocenters. The molecule has 0 aromatic heterocycles. The predicted molar refractivity (Wildman–Crippen MR) is 76.9 cm³/mol. The molecule has 3 aliphatic carbocycles. The zero-order valence-corrected chi connectivity index (χ0v) is 12.0. The molecule has 3 aliphatic rings. The van der Waals surface area contributed by atoms with Crippen molar-refractivity contribution in [1.29, 1.82) is 0 Å². The van der Waals surface area contributed by atoms with Crippen LogP contribution in [0.25, 0.3) is 0 Å². The fourth-order valence-electron chi connectivity index (χ4n) is 5.67. The molecule has 1 N–H and O–H groups in total. The first-order chi connectivity index (χ1) is 9.08. The number of hydrogen-bond donors (Lipinski definition) is 1. The van der Waals surface area contributed by atoms with Crippen LogP contribution in [0.15, 0.2) is 18.2 Å². The number of aliphatic hydroxyl groups is 1. The molecule has 0 saturated heterocycles. The normalized spacial score (nSPS) is 43.7. The standard InChI is InChI=1S/C18H24O/c1-11-6-12(2)8-14(7-11)18(19)10-13-9-17(18)16-5-3-4-15(13)16/h6-8,13,15-17,19H,3-5,9-10H2,1-2H3. The van der Waals surface area contributed by atoms with Crippen LogP contribution in [0.2, 0.25) is 0 Å². The number of aryl methyl sites for hydroxylation is 2. The molecule has 0 radical (unpaired) electrons. The molecule has 19 heavy (non-hydrogen) atoms. The van der Waals surface area contributed by atoms with Crippen molar-refractivity contribution >= 4 is 0 Å². The van der Waals surface area contributed by atoms with Gasteiger partial charge in [0.1, 0.15) is 0 Å². The van der Waals surface area contributed by atoms with Crippen molar-refractivity contribution in [2.75, 3.05) is 0 Å². The van der Waals surface area contributed by atoms with Crippen LogP contribution in [0.1, 0.15) is 48.8 Å². The summed E-state index contributed by atoms with van der Waals surface area (Å²) < 4.78 is 0. The largest absolute Gasteiger partial charge is 0.385 e. The quantitative estimate of drug-likeness (QED) is 0.806. The minimum absolute atomic E-state index is 0.521. The first-order valence-corrected chi connectivity index (χ1v) is 7.89. The highest BCUT2D eigenvalue weighted by molar-refractivity contribution is 5.35. The van der Waals surface area contributed by atoms with Gasteiger partial charge in [0.25, 0.3) is 0 Å². The van der Waals surface area contributed by atoms with Crippen LogP contribution in [0.3, 0.4) is 0 Å². The van der Waals surface area contributed by atoms with Crippen LogP contribution >= 0.6 is 0 Å². The third-order valence-corrected chi connectivity index (χ3v) is 6.21. The Bertz CT molecular complexity index is 500. The van der Waals surface area contributed by atoms with Gasteiger partial charge in [-0.3, -0.25) is 0 Å². The van der Waals surface area contributed by atoms with Crippen molar-refractivity contribution < 1.29 is 5.11 Å². The molecule has 102 valence electrons. The van der Waals surface area contributed by atoms with E-state index in [1.807, 2.05) is 0 Å². The van der Waals surface area contributed by atoms with Crippen molar-refractivity contribution in [3.05, 3.63) is 34.9 Å². The molecule has 1 aromatic rings. The van der Waals surface area contributed by atoms with Gasteiger partial charge in [0.15, 0.2) is 0 Å². The first-order valence-electron chi connectivity index (χ1n) is 7.89. The van der Waals surface area contributed by atoms with Gasteiger partial charge >= 0.3 is 0 Å². The second-order valence-electron chi connectivity index (χ2n) is 7.37. The van der Waals surface area contributed by atoms with Gasteiger partial charge in [0, 0.05) is 0 Å². The van der Waals surface area contributed by atoms with E-state index in [0.29, 0.717) is 5.92 Å². The van der Waals surface area contributed by atoms with Crippen molar-refractivity contribution in [3.63, 3.8) is 0 Å². The molecule has 0 amide bonds. The SMILES string of the molecule is Cc1cc(C)cc(C2(O)CC3CC2C2CCCC32)c1. The Morgan fingerprint density at radius 2 is 1.74 bits per heavy atom. The lowest BCUT2D eigenvalue weighted by Gasteiger charge is -2.39. The molecule has 4 rings (SSSR count). The van der Waals surface area contributed by atoms with E-state index in [2.05, 4.69) is 32.0 Å². The lowest BCUT2D eigenvalue weighted by atomic mass is 9.70. The molecule has 2 bridgehead atoms. The van der Waals surface area contributed by atoms with Crippen molar-refractivity contribution in [3.8, 4) is 0 Å². The van der Waals surface area contributed by atoms with Gasteiger partial charge in [-0.2, -0.15) is 0 Å². The molecule has 0 aliphatic heterocycles. The Morgan fingerprint density at radius 3 is 2.47 bits per heavy atom. The second-order valence-corrected chi connectivity index (χ2v) is 7.37. The Hall–Kier alpha value is -0.820. The molecule has 0 heterocycles. The van der Waals surface area contributed by atoms with Crippen molar-refractivity contribution in [2.45, 2.75) is 51.6 Å². The zero-order chi connectivity index (χ0) is 13.2. The zero-order valence-electron chi connectivity index (χ0n) is 12.0. The van der Waals surface area contributed by atoms with Gasteiger partial charge in [-0.25, -0.2) is 0 Å². The number of rotatable bonds is 1. The molecular formula is C18H24O. The van der Waals surface area contributed by atoms with E-state index in [1.54, 1.807) is 0 Å². The summed E-state index contributed by atoms with van der Waals surface area (Å²) in [6.45, 7) is 4.29. The van der Waals surface area contributed by atoms with Crippen LogP contribution in [-0.2, 0) is 5.60 Å². The van der Waals surface area contributed by atoms with Crippen LogP contribution < -0.4 is 0 Å². The van der Waals surface area contributed by atoms with E-state index < -0.39 is 5.60 Å². The van der Waals surface area contributed by atoms with Crippen LogP contribution in [-0.4, -0.2) is 5.11 Å². The minimum Gasteiger partial charge on any atom is -0.385 e. The highest BCUT2D eigenvalue weighted by Crippen LogP contribution is 2.65. The topological polar surface area (TPSA) is 20.2 Å². The highest BCUT2D eigenvalue weighted by atomic mass is 16.3. The van der Waals surface area contributed by atoms with Gasteiger partial charge < -0.3 is 5.11 Å². The average molecular weight is 256 g/mol. The van der Waals surface area contributed by atoms with E-state index >= 15 is 0 Å². The van der Waals surface area contributed by atoms with E-state index in [0.717, 1.165) is 24.2 Å². The third-order valence-electron chi connectivity index (χ3n) is 6.21. The Labute approximate surface area is 116 Å². The summed E-state index contributed by atoms with van der Waals surface area (Å²) in [5.41, 5.74) is 3.25. The summed E-state index contributed by atoms with van der Waals surface area (Å²) >= 11 is 0. The smallest absolute Gasteiger partial charge is 0.0930 e. The van der Waals surface area contributed by atoms with Crippen LogP contribution in [0.4, 0.5) is 0 Å². The van der Waals surface area contributed by atoms with Gasteiger partial charge in [-0.15, -0.1) is 0 Å². The minimum atomic E-state index is -0.521. The number of benzene rings is 1. The Morgan fingerprint density at radius 1 is 1.05 bits per heavy atom. The van der Waals surface area contributed by atoms with Gasteiger partial charge in [0.05, 0.1) is 5.60 Å². The second kappa shape index (κ2) is 3.85. The van der Waals surface area contributed by atoms with Gasteiger partial charge in [-0.05, 0) is 68.8 Å². The fraction of sp³-hybridized carbons (Fsp3) is 0.667. The highest BCUT2D eigenvalue weighted by Gasteiger charge is 2.60. The van der Waals surface area contributed by atoms with E-state index in [9.17, 15) is 5.11 Å². The first kappa shape index (κ1) is 12.0. The molecule has 1 nitrogen and oxygen atoms in total. The fourth-order valence-corrected chi connectivity index (χ4v) is 5.67. The maximum Gasteiger partial charge on any atom is 0.0930 e. The van der Waals surface area contributed by atoms with Crippen LogP contribution in [0.5, 0.6) is 0 Å². The molecule has 5 unspecified atom stereocenters. The monoisotopic (exact) mass is 256 g/mol. The predicted octanol–water partition coefficient (Wildman–Crippen LogP) is 3.95. The van der Waals surface area contributed by atoms with E-state index in [-0.39, 0.29) is 0 Å². The summed E-state index contributed by atoms with van der Waals surface area (Å²) in [6, 6.07) is 6.65. The van der Waals surface area contributed by atoms with E-state index in [4.69, 9.17) is 0 Å². The summed E-state index contributed by atoms with van der Waals surface area (Å²) in [5.74, 6) is 3.08. The van der Waals surface area contributed by atoms with Gasteiger partial charge in [-0.1, -0.05) is 35.7 Å². The summed E-state index contributed by atoms with van der Waals surface area (Å²) in [7, 11) is 0. The lowest BCUT2D eigenvalue weighted by molar-refractivity contribution is -0.0513. The maximum absolute atomic E-state index is 11.3. The third kappa shape index (κ3) is 1.57. The molecule has 1 aromatic carbocycles. The molecule has 3 fully saturated rings. The average Bonchev–Trinajstić information content (AvgIpc) is 2.97. The maximum atomic E-state index is 11.3. The summed E-state index contributed by atoms with van der Waals surface area (Å²) in [4.78, 5) is 0. The summed E-state index contributed by atoms with van der Waals surface area (Å²) in [6.07, 6.45) is 6.47.